The van der Waals surface area contributed by atoms with Crippen LogP contribution in [0.15, 0.2) is 12.2 Å². The van der Waals surface area contributed by atoms with E-state index < -0.39 is 11.4 Å². The van der Waals surface area contributed by atoms with Crippen molar-refractivity contribution in [1.82, 2.24) is 0 Å². The Labute approximate surface area is 60.6 Å². The first-order valence-electron chi connectivity index (χ1n) is 3.45. The van der Waals surface area contributed by atoms with Crippen LogP contribution in [0.3, 0.4) is 0 Å². The molecule has 0 aromatic heterocycles. The van der Waals surface area contributed by atoms with Crippen molar-refractivity contribution in [2.45, 2.75) is 26.2 Å². The summed E-state index contributed by atoms with van der Waals surface area (Å²) in [6.45, 7) is 5.55. The van der Waals surface area contributed by atoms with Gasteiger partial charge in [0.2, 0.25) is 0 Å². The molecule has 0 saturated heterocycles. The molecule has 0 amide bonds. The Kier molecular flexibility index (Phi) is 1.55. The standard InChI is InChI=1S/C8H12O2/c1-6-3-4-8(2,5-6)7(9)10/h1,3-5H2,2H3,(H,9,10)/t8-/m0/s1. The first-order chi connectivity index (χ1) is 4.54. The molecule has 1 aliphatic carbocycles. The van der Waals surface area contributed by atoms with Crippen LogP contribution in [0.4, 0.5) is 0 Å². The molecule has 0 bridgehead atoms. The van der Waals surface area contributed by atoms with Crippen LogP contribution in [0.1, 0.15) is 26.2 Å². The fourth-order valence-corrected chi connectivity index (χ4v) is 1.36. The van der Waals surface area contributed by atoms with Gasteiger partial charge in [-0.2, -0.15) is 0 Å². The van der Waals surface area contributed by atoms with Gasteiger partial charge in [-0.05, 0) is 26.2 Å². The minimum atomic E-state index is -0.689. The Bertz CT molecular complexity index is 184. The third-order valence-corrected chi connectivity index (χ3v) is 2.19. The molecular formula is C8H12O2. The number of carboxylic acids is 1. The van der Waals surface area contributed by atoms with Crippen molar-refractivity contribution in [3.63, 3.8) is 0 Å². The third kappa shape index (κ3) is 1.06. The maximum Gasteiger partial charge on any atom is 0.309 e. The summed E-state index contributed by atoms with van der Waals surface area (Å²) in [5.41, 5.74) is 0.557. The van der Waals surface area contributed by atoms with Crippen molar-refractivity contribution < 1.29 is 9.90 Å². The third-order valence-electron chi connectivity index (χ3n) is 2.19. The largest absolute Gasteiger partial charge is 0.481 e. The van der Waals surface area contributed by atoms with Crippen LogP contribution in [0.25, 0.3) is 0 Å². The monoisotopic (exact) mass is 140 g/mol. The summed E-state index contributed by atoms with van der Waals surface area (Å²) < 4.78 is 0. The zero-order valence-electron chi connectivity index (χ0n) is 6.18. The predicted octanol–water partition coefficient (Wildman–Crippen LogP) is 1.82. The molecule has 56 valence electrons. The van der Waals surface area contributed by atoms with E-state index in [1.807, 2.05) is 0 Å². The lowest BCUT2D eigenvalue weighted by Crippen LogP contribution is -2.23. The van der Waals surface area contributed by atoms with E-state index in [1.165, 1.54) is 0 Å². The number of aliphatic carboxylic acids is 1. The number of hydrogen-bond donors (Lipinski definition) is 1. The van der Waals surface area contributed by atoms with Gasteiger partial charge < -0.3 is 5.11 Å². The van der Waals surface area contributed by atoms with Crippen molar-refractivity contribution >= 4 is 5.97 Å². The van der Waals surface area contributed by atoms with Crippen LogP contribution in [0.5, 0.6) is 0 Å². The zero-order valence-corrected chi connectivity index (χ0v) is 6.18. The Morgan fingerprint density at radius 1 is 1.80 bits per heavy atom. The molecule has 2 nitrogen and oxygen atoms in total. The fraction of sp³-hybridized carbons (Fsp3) is 0.625. The second kappa shape index (κ2) is 2.11. The molecule has 2 heteroatoms. The molecule has 0 aromatic rings. The van der Waals surface area contributed by atoms with E-state index in [2.05, 4.69) is 6.58 Å². The first kappa shape index (κ1) is 7.32. The van der Waals surface area contributed by atoms with Gasteiger partial charge in [-0.25, -0.2) is 0 Å². The van der Waals surface area contributed by atoms with Crippen LogP contribution in [0, 0.1) is 5.41 Å². The molecule has 0 radical (unpaired) electrons. The Balaban J connectivity index is 2.72. The van der Waals surface area contributed by atoms with Crippen LogP contribution in [-0.2, 0) is 4.79 Å². The fourth-order valence-electron chi connectivity index (χ4n) is 1.36. The Morgan fingerprint density at radius 3 is 2.60 bits per heavy atom. The zero-order chi connectivity index (χ0) is 7.78. The molecule has 0 unspecified atom stereocenters. The van der Waals surface area contributed by atoms with Gasteiger partial charge in [0, 0.05) is 0 Å². The number of carbonyl (C=O) groups is 1. The van der Waals surface area contributed by atoms with Gasteiger partial charge in [-0.15, -0.1) is 0 Å². The van der Waals surface area contributed by atoms with Crippen molar-refractivity contribution in [1.29, 1.82) is 0 Å². The summed E-state index contributed by atoms with van der Waals surface area (Å²) in [6, 6.07) is 0. The summed E-state index contributed by atoms with van der Waals surface area (Å²) in [5.74, 6) is -0.689. The molecule has 1 saturated carbocycles. The molecule has 1 fully saturated rings. The highest BCUT2D eigenvalue weighted by Gasteiger charge is 2.37. The summed E-state index contributed by atoms with van der Waals surface area (Å²) in [5, 5.41) is 8.75. The van der Waals surface area contributed by atoms with Crippen LogP contribution < -0.4 is 0 Å². The van der Waals surface area contributed by atoms with E-state index in [9.17, 15) is 4.79 Å². The number of hydrogen-bond acceptors (Lipinski definition) is 1. The quantitative estimate of drug-likeness (QED) is 0.564. The number of carboxylic acid groups (broad SMARTS) is 1. The molecule has 1 rings (SSSR count). The van der Waals surface area contributed by atoms with E-state index >= 15 is 0 Å². The highest BCUT2D eigenvalue weighted by atomic mass is 16.4. The molecular weight excluding hydrogens is 128 g/mol. The van der Waals surface area contributed by atoms with Gasteiger partial charge in [0.25, 0.3) is 0 Å². The average molecular weight is 140 g/mol. The van der Waals surface area contributed by atoms with Crippen LogP contribution in [-0.4, -0.2) is 11.1 Å². The smallest absolute Gasteiger partial charge is 0.309 e. The van der Waals surface area contributed by atoms with Gasteiger partial charge in [0.1, 0.15) is 0 Å². The molecule has 1 N–H and O–H groups in total. The summed E-state index contributed by atoms with van der Waals surface area (Å²) in [7, 11) is 0. The van der Waals surface area contributed by atoms with Gasteiger partial charge >= 0.3 is 5.97 Å². The van der Waals surface area contributed by atoms with Gasteiger partial charge in [0.05, 0.1) is 5.41 Å². The number of allylic oxidation sites excluding steroid dienone is 1. The average Bonchev–Trinajstić information content (AvgIpc) is 2.13. The van der Waals surface area contributed by atoms with E-state index in [0.717, 1.165) is 18.4 Å². The summed E-state index contributed by atoms with van der Waals surface area (Å²) in [4.78, 5) is 10.6. The molecule has 0 spiro atoms. The van der Waals surface area contributed by atoms with Crippen molar-refractivity contribution in [3.8, 4) is 0 Å². The lowest BCUT2D eigenvalue weighted by molar-refractivity contribution is -0.147. The Hall–Kier alpha value is -0.790. The SMILES string of the molecule is C=C1CC[C@](C)(C(=O)O)C1. The van der Waals surface area contributed by atoms with Gasteiger partial charge in [0.15, 0.2) is 0 Å². The highest BCUT2D eigenvalue weighted by Crippen LogP contribution is 2.40. The van der Waals surface area contributed by atoms with E-state index in [-0.39, 0.29) is 0 Å². The topological polar surface area (TPSA) is 37.3 Å². The van der Waals surface area contributed by atoms with E-state index in [0.29, 0.717) is 6.42 Å². The van der Waals surface area contributed by atoms with E-state index in [1.54, 1.807) is 6.92 Å². The second-order valence-corrected chi connectivity index (χ2v) is 3.29. The van der Waals surface area contributed by atoms with Gasteiger partial charge in [-0.3, -0.25) is 4.79 Å². The first-order valence-corrected chi connectivity index (χ1v) is 3.45. The Morgan fingerprint density at radius 2 is 2.40 bits per heavy atom. The normalized spacial score (nSPS) is 32.7. The van der Waals surface area contributed by atoms with Crippen molar-refractivity contribution in [2.75, 3.05) is 0 Å². The highest BCUT2D eigenvalue weighted by molar-refractivity contribution is 5.75. The van der Waals surface area contributed by atoms with E-state index in [4.69, 9.17) is 5.11 Å². The molecule has 0 aliphatic heterocycles. The molecule has 1 aliphatic rings. The predicted molar refractivity (Wildman–Crippen MR) is 38.7 cm³/mol. The van der Waals surface area contributed by atoms with Crippen molar-refractivity contribution in [2.24, 2.45) is 5.41 Å². The van der Waals surface area contributed by atoms with Crippen LogP contribution in [0.2, 0.25) is 0 Å². The lowest BCUT2D eigenvalue weighted by atomic mass is 9.89. The molecule has 0 heterocycles. The van der Waals surface area contributed by atoms with Crippen LogP contribution >= 0.6 is 0 Å². The summed E-state index contributed by atoms with van der Waals surface area (Å²) >= 11 is 0. The minimum absolute atomic E-state index is 0.517. The molecule has 0 aromatic carbocycles. The van der Waals surface area contributed by atoms with Crippen molar-refractivity contribution in [3.05, 3.63) is 12.2 Å². The minimum Gasteiger partial charge on any atom is -0.481 e. The maximum absolute atomic E-state index is 10.6. The number of rotatable bonds is 1. The van der Waals surface area contributed by atoms with Gasteiger partial charge in [-0.1, -0.05) is 12.2 Å². The lowest BCUT2D eigenvalue weighted by Gasteiger charge is -2.15. The second-order valence-electron chi connectivity index (χ2n) is 3.29. The summed E-state index contributed by atoms with van der Waals surface area (Å²) in [6.07, 6.45) is 2.28. The molecule has 1 atom stereocenters. The maximum atomic E-state index is 10.6. The molecule has 10 heavy (non-hydrogen) atoms.